The third kappa shape index (κ3) is 0.747. The van der Waals surface area contributed by atoms with Gasteiger partial charge >= 0.3 is 0 Å². The van der Waals surface area contributed by atoms with E-state index in [1.54, 1.807) is 17.9 Å². The Balaban J connectivity index is 2.98. The van der Waals surface area contributed by atoms with Crippen LogP contribution >= 0.6 is 0 Å². The lowest BCUT2D eigenvalue weighted by molar-refractivity contribution is 0.467. The monoisotopic (exact) mass is 164 g/mol. The standard InChI is InChI=1S/C8H8N2O2/c1-10-4-9-7-5(11)2-3-6(12)8(7)10/h2-4,11-12H,1H3. The van der Waals surface area contributed by atoms with Crippen LogP contribution in [-0.2, 0) is 7.05 Å². The molecule has 0 aliphatic rings. The summed E-state index contributed by atoms with van der Waals surface area (Å²) in [5, 5.41) is 18.7. The minimum absolute atomic E-state index is 0.0865. The third-order valence-corrected chi connectivity index (χ3v) is 1.82. The molecule has 0 aliphatic heterocycles. The molecule has 4 nitrogen and oxygen atoms in total. The zero-order valence-electron chi connectivity index (χ0n) is 6.52. The second kappa shape index (κ2) is 2.14. The van der Waals surface area contributed by atoms with E-state index < -0.39 is 0 Å². The molecule has 0 unspecified atom stereocenters. The Labute approximate surface area is 68.7 Å². The average Bonchev–Trinajstić information content (AvgIpc) is 2.42. The summed E-state index contributed by atoms with van der Waals surface area (Å²) in [4.78, 5) is 3.93. The van der Waals surface area contributed by atoms with Gasteiger partial charge in [0.2, 0.25) is 0 Å². The van der Waals surface area contributed by atoms with E-state index in [4.69, 9.17) is 0 Å². The minimum atomic E-state index is 0.0865. The number of phenolic OH excluding ortho intramolecular Hbond substituents is 2. The van der Waals surface area contributed by atoms with Crippen LogP contribution in [0.5, 0.6) is 11.5 Å². The molecule has 0 spiro atoms. The Morgan fingerprint density at radius 1 is 1.25 bits per heavy atom. The second-order valence-electron chi connectivity index (χ2n) is 2.66. The molecular formula is C8H8N2O2. The van der Waals surface area contributed by atoms with Crippen LogP contribution in [0.1, 0.15) is 0 Å². The first-order valence-corrected chi connectivity index (χ1v) is 3.52. The lowest BCUT2D eigenvalue weighted by Gasteiger charge is -1.98. The number of benzene rings is 1. The van der Waals surface area contributed by atoms with Crippen molar-refractivity contribution < 1.29 is 10.2 Å². The second-order valence-corrected chi connectivity index (χ2v) is 2.66. The highest BCUT2D eigenvalue weighted by Crippen LogP contribution is 2.29. The summed E-state index contributed by atoms with van der Waals surface area (Å²) in [5.41, 5.74) is 0.979. The Morgan fingerprint density at radius 3 is 2.58 bits per heavy atom. The van der Waals surface area contributed by atoms with E-state index in [1.165, 1.54) is 12.1 Å². The highest BCUT2D eigenvalue weighted by molar-refractivity contribution is 5.86. The Morgan fingerprint density at radius 2 is 1.92 bits per heavy atom. The third-order valence-electron chi connectivity index (χ3n) is 1.82. The Hall–Kier alpha value is -1.71. The van der Waals surface area contributed by atoms with E-state index in [0.29, 0.717) is 11.0 Å². The van der Waals surface area contributed by atoms with Crippen molar-refractivity contribution in [2.75, 3.05) is 0 Å². The largest absolute Gasteiger partial charge is 0.506 e. The van der Waals surface area contributed by atoms with Gasteiger partial charge in [0.1, 0.15) is 22.5 Å². The van der Waals surface area contributed by atoms with E-state index in [9.17, 15) is 10.2 Å². The number of rotatable bonds is 0. The molecule has 0 atom stereocenters. The number of hydrogen-bond donors (Lipinski definition) is 2. The van der Waals surface area contributed by atoms with Gasteiger partial charge in [-0.15, -0.1) is 0 Å². The molecule has 0 bridgehead atoms. The number of imidazole rings is 1. The van der Waals surface area contributed by atoms with Crippen LogP contribution in [0.3, 0.4) is 0 Å². The van der Waals surface area contributed by atoms with Gasteiger partial charge in [-0.1, -0.05) is 0 Å². The molecule has 2 N–H and O–H groups in total. The molecular weight excluding hydrogens is 156 g/mol. The summed E-state index contributed by atoms with van der Waals surface area (Å²) in [7, 11) is 1.76. The van der Waals surface area contributed by atoms with Gasteiger partial charge in [0.15, 0.2) is 0 Å². The molecule has 0 aliphatic carbocycles. The minimum Gasteiger partial charge on any atom is -0.506 e. The molecule has 0 amide bonds. The molecule has 1 aromatic carbocycles. The number of fused-ring (bicyclic) bond motifs is 1. The van der Waals surface area contributed by atoms with Gasteiger partial charge in [-0.3, -0.25) is 0 Å². The normalized spacial score (nSPS) is 10.8. The van der Waals surface area contributed by atoms with Gasteiger partial charge in [-0.2, -0.15) is 0 Å². The fourth-order valence-electron chi connectivity index (χ4n) is 1.24. The van der Waals surface area contributed by atoms with E-state index >= 15 is 0 Å². The van der Waals surface area contributed by atoms with Crippen LogP contribution in [0.25, 0.3) is 11.0 Å². The summed E-state index contributed by atoms with van der Waals surface area (Å²) < 4.78 is 1.66. The maximum Gasteiger partial charge on any atom is 0.143 e. The lowest BCUT2D eigenvalue weighted by atomic mass is 10.2. The van der Waals surface area contributed by atoms with Crippen LogP contribution in [0, 0.1) is 0 Å². The van der Waals surface area contributed by atoms with Crippen molar-refractivity contribution in [2.24, 2.45) is 7.05 Å². The summed E-state index contributed by atoms with van der Waals surface area (Å²) in [5.74, 6) is 0.214. The van der Waals surface area contributed by atoms with Crippen LogP contribution < -0.4 is 0 Å². The first-order valence-electron chi connectivity index (χ1n) is 3.52. The van der Waals surface area contributed by atoms with Crippen molar-refractivity contribution in [3.8, 4) is 11.5 Å². The van der Waals surface area contributed by atoms with Crippen LogP contribution in [-0.4, -0.2) is 19.8 Å². The highest BCUT2D eigenvalue weighted by atomic mass is 16.3. The molecule has 1 heterocycles. The predicted octanol–water partition coefficient (Wildman–Crippen LogP) is 0.984. The predicted molar refractivity (Wildman–Crippen MR) is 44.0 cm³/mol. The van der Waals surface area contributed by atoms with Gasteiger partial charge in [0.05, 0.1) is 6.33 Å². The van der Waals surface area contributed by atoms with Gasteiger partial charge in [-0.25, -0.2) is 4.98 Å². The van der Waals surface area contributed by atoms with Crippen LogP contribution in [0.15, 0.2) is 18.5 Å². The average molecular weight is 164 g/mol. The molecule has 1 aromatic heterocycles. The van der Waals surface area contributed by atoms with Crippen molar-refractivity contribution in [3.63, 3.8) is 0 Å². The van der Waals surface area contributed by atoms with E-state index in [-0.39, 0.29) is 11.5 Å². The summed E-state index contributed by atoms with van der Waals surface area (Å²) in [6.45, 7) is 0. The maximum atomic E-state index is 9.39. The number of aromatic hydroxyl groups is 2. The van der Waals surface area contributed by atoms with Crippen molar-refractivity contribution >= 4 is 11.0 Å². The number of aryl methyl sites for hydroxylation is 1. The van der Waals surface area contributed by atoms with Crippen molar-refractivity contribution in [1.29, 1.82) is 0 Å². The van der Waals surface area contributed by atoms with Gasteiger partial charge < -0.3 is 14.8 Å². The molecule has 0 saturated carbocycles. The quantitative estimate of drug-likeness (QED) is 0.571. The van der Waals surface area contributed by atoms with E-state index in [0.717, 1.165) is 0 Å². The smallest absolute Gasteiger partial charge is 0.143 e. The molecule has 12 heavy (non-hydrogen) atoms. The van der Waals surface area contributed by atoms with Crippen molar-refractivity contribution in [2.45, 2.75) is 0 Å². The number of aromatic nitrogens is 2. The fourth-order valence-corrected chi connectivity index (χ4v) is 1.24. The molecule has 0 radical (unpaired) electrons. The van der Waals surface area contributed by atoms with E-state index in [2.05, 4.69) is 4.98 Å². The SMILES string of the molecule is Cn1cnc2c(O)ccc(O)c21. The molecule has 2 aromatic rings. The number of hydrogen-bond acceptors (Lipinski definition) is 3. The van der Waals surface area contributed by atoms with Crippen molar-refractivity contribution in [1.82, 2.24) is 9.55 Å². The number of nitrogens with zero attached hydrogens (tertiary/aromatic N) is 2. The maximum absolute atomic E-state index is 9.39. The summed E-state index contributed by atoms with van der Waals surface area (Å²) >= 11 is 0. The topological polar surface area (TPSA) is 58.3 Å². The highest BCUT2D eigenvalue weighted by Gasteiger charge is 2.08. The molecule has 62 valence electrons. The molecule has 0 fully saturated rings. The molecule has 4 heteroatoms. The van der Waals surface area contributed by atoms with Gasteiger partial charge in [0, 0.05) is 7.05 Å². The lowest BCUT2D eigenvalue weighted by Crippen LogP contribution is -1.83. The molecule has 2 rings (SSSR count). The van der Waals surface area contributed by atoms with Crippen LogP contribution in [0.2, 0.25) is 0 Å². The zero-order chi connectivity index (χ0) is 8.72. The number of phenols is 2. The first-order chi connectivity index (χ1) is 5.70. The van der Waals surface area contributed by atoms with Gasteiger partial charge in [0.25, 0.3) is 0 Å². The zero-order valence-corrected chi connectivity index (χ0v) is 6.52. The van der Waals surface area contributed by atoms with E-state index in [1.807, 2.05) is 0 Å². The van der Waals surface area contributed by atoms with Crippen LogP contribution in [0.4, 0.5) is 0 Å². The Kier molecular flexibility index (Phi) is 1.24. The molecule has 0 saturated heterocycles. The van der Waals surface area contributed by atoms with Gasteiger partial charge in [-0.05, 0) is 12.1 Å². The van der Waals surface area contributed by atoms with Crippen molar-refractivity contribution in [3.05, 3.63) is 18.5 Å². The summed E-state index contributed by atoms with van der Waals surface area (Å²) in [6, 6.07) is 2.87. The summed E-state index contributed by atoms with van der Waals surface area (Å²) in [6.07, 6.45) is 1.55. The first kappa shape index (κ1) is 6.97. The fraction of sp³-hybridized carbons (Fsp3) is 0.125. The Bertz CT molecular complexity index is 434.